The molecule has 0 saturated carbocycles. The molecule has 0 atom stereocenters. The van der Waals surface area contributed by atoms with E-state index in [4.69, 9.17) is 10.00 Å². The second kappa shape index (κ2) is 8.32. The van der Waals surface area contributed by atoms with Gasteiger partial charge in [-0.05, 0) is 47.5 Å². The van der Waals surface area contributed by atoms with E-state index in [2.05, 4.69) is 21.5 Å². The van der Waals surface area contributed by atoms with E-state index < -0.39 is 11.7 Å². The van der Waals surface area contributed by atoms with Gasteiger partial charge in [0.15, 0.2) is 11.6 Å². The van der Waals surface area contributed by atoms with Crippen molar-refractivity contribution >= 4 is 22.6 Å². The van der Waals surface area contributed by atoms with E-state index >= 15 is 0 Å². The van der Waals surface area contributed by atoms with Gasteiger partial charge in [0.2, 0.25) is 5.91 Å². The predicted octanol–water partition coefficient (Wildman–Crippen LogP) is 4.46. The number of amides is 1. The van der Waals surface area contributed by atoms with Crippen LogP contribution in [0.5, 0.6) is 5.75 Å². The van der Waals surface area contributed by atoms with Gasteiger partial charge >= 0.3 is 0 Å². The smallest absolute Gasteiger partial charge is 0.250 e. The number of nitrogens with zero attached hydrogens (tertiary/aromatic N) is 4. The van der Waals surface area contributed by atoms with Crippen LogP contribution in [0.1, 0.15) is 5.69 Å². The number of H-pyrrole nitrogens is 1. The third-order valence-electron chi connectivity index (χ3n) is 5.16. The minimum absolute atomic E-state index is 0.00315. The summed E-state index contributed by atoms with van der Waals surface area (Å²) in [7, 11) is 2.83. The average Bonchev–Trinajstić information content (AvgIpc) is 3.26. The topological polar surface area (TPSA) is 94.9 Å². The van der Waals surface area contributed by atoms with Crippen molar-refractivity contribution in [3.63, 3.8) is 0 Å². The highest BCUT2D eigenvalue weighted by Crippen LogP contribution is 2.36. The molecule has 0 aliphatic rings. The molecule has 1 aromatic carbocycles. The van der Waals surface area contributed by atoms with Crippen molar-refractivity contribution in [1.29, 1.82) is 5.26 Å². The third kappa shape index (κ3) is 3.56. The van der Waals surface area contributed by atoms with Crippen molar-refractivity contribution in [1.82, 2.24) is 15.0 Å². The van der Waals surface area contributed by atoms with Crippen LogP contribution >= 0.6 is 0 Å². The van der Waals surface area contributed by atoms with Gasteiger partial charge in [-0.1, -0.05) is 6.58 Å². The van der Waals surface area contributed by atoms with E-state index in [1.165, 1.54) is 19.1 Å². The number of anilines is 1. The quantitative estimate of drug-likeness (QED) is 0.475. The summed E-state index contributed by atoms with van der Waals surface area (Å²) < 4.78 is 20.1. The number of methoxy groups -OCH3 is 1. The van der Waals surface area contributed by atoms with Crippen LogP contribution in [0.2, 0.25) is 0 Å². The van der Waals surface area contributed by atoms with Gasteiger partial charge < -0.3 is 14.6 Å². The third-order valence-corrected chi connectivity index (χ3v) is 5.16. The first-order valence-corrected chi connectivity index (χ1v) is 9.58. The Bertz CT molecular complexity index is 1400. The molecule has 1 amide bonds. The Labute approximate surface area is 183 Å². The van der Waals surface area contributed by atoms with Crippen molar-refractivity contribution in [3.05, 3.63) is 73.1 Å². The molecule has 0 unspecified atom stereocenters. The van der Waals surface area contributed by atoms with Crippen molar-refractivity contribution in [2.75, 3.05) is 19.1 Å². The van der Waals surface area contributed by atoms with Crippen molar-refractivity contribution < 1.29 is 13.9 Å². The van der Waals surface area contributed by atoms with Crippen LogP contribution in [0.3, 0.4) is 0 Å². The molecule has 0 fully saturated rings. The minimum Gasteiger partial charge on any atom is -0.494 e. The summed E-state index contributed by atoms with van der Waals surface area (Å²) in [5.41, 5.74) is 4.02. The van der Waals surface area contributed by atoms with Gasteiger partial charge in [0, 0.05) is 42.2 Å². The zero-order valence-corrected chi connectivity index (χ0v) is 17.4. The molecule has 0 aliphatic carbocycles. The number of hydrogen-bond acceptors (Lipinski definition) is 5. The molecule has 0 radical (unpaired) electrons. The molecule has 158 valence electrons. The Morgan fingerprint density at radius 1 is 1.25 bits per heavy atom. The number of fused-ring (bicyclic) bond motifs is 1. The van der Waals surface area contributed by atoms with Gasteiger partial charge in [0.25, 0.3) is 0 Å². The van der Waals surface area contributed by atoms with Gasteiger partial charge in [-0.2, -0.15) is 5.26 Å². The van der Waals surface area contributed by atoms with E-state index in [0.717, 1.165) is 22.6 Å². The van der Waals surface area contributed by atoms with E-state index in [0.29, 0.717) is 22.5 Å². The molecular formula is C24H18FN5O2. The molecule has 7 nitrogen and oxygen atoms in total. The van der Waals surface area contributed by atoms with Crippen LogP contribution in [0, 0.1) is 17.1 Å². The van der Waals surface area contributed by atoms with Crippen LogP contribution in [-0.2, 0) is 4.79 Å². The lowest BCUT2D eigenvalue weighted by atomic mass is 10.0. The summed E-state index contributed by atoms with van der Waals surface area (Å²) in [5.74, 6) is -1.09. The molecule has 4 aromatic rings. The summed E-state index contributed by atoms with van der Waals surface area (Å²) in [6.07, 6.45) is 6.16. The first-order chi connectivity index (χ1) is 15.5. The summed E-state index contributed by atoms with van der Waals surface area (Å²) >= 11 is 0. The summed E-state index contributed by atoms with van der Waals surface area (Å²) in [6.45, 7) is 3.46. The number of halogens is 1. The van der Waals surface area contributed by atoms with Crippen molar-refractivity contribution in [2.45, 2.75) is 0 Å². The van der Waals surface area contributed by atoms with E-state index in [-0.39, 0.29) is 11.4 Å². The average molecular weight is 427 g/mol. The Morgan fingerprint density at radius 3 is 2.78 bits per heavy atom. The van der Waals surface area contributed by atoms with Gasteiger partial charge in [0.05, 0.1) is 12.8 Å². The molecule has 1 N–H and O–H groups in total. The normalized spacial score (nSPS) is 10.6. The molecule has 3 heterocycles. The maximum Gasteiger partial charge on any atom is 0.250 e. The summed E-state index contributed by atoms with van der Waals surface area (Å²) in [4.78, 5) is 24.8. The van der Waals surface area contributed by atoms with E-state index in [1.54, 1.807) is 30.6 Å². The zero-order valence-electron chi connectivity index (χ0n) is 17.4. The van der Waals surface area contributed by atoms with Gasteiger partial charge in [0.1, 0.15) is 17.4 Å². The maximum atomic E-state index is 14.9. The number of aromatic nitrogens is 3. The summed E-state index contributed by atoms with van der Waals surface area (Å²) in [5, 5.41) is 9.97. The molecule has 4 rings (SSSR count). The molecule has 0 spiro atoms. The lowest BCUT2D eigenvalue weighted by Crippen LogP contribution is -2.25. The Balaban J connectivity index is 1.88. The van der Waals surface area contributed by atoms with Gasteiger partial charge in [-0.25, -0.2) is 14.4 Å². The van der Waals surface area contributed by atoms with Crippen LogP contribution in [0.25, 0.3) is 33.3 Å². The lowest BCUT2D eigenvalue weighted by molar-refractivity contribution is -0.113. The monoisotopic (exact) mass is 427 g/mol. The van der Waals surface area contributed by atoms with Crippen molar-refractivity contribution in [2.24, 2.45) is 0 Å². The van der Waals surface area contributed by atoms with Gasteiger partial charge in [-0.15, -0.1) is 0 Å². The van der Waals surface area contributed by atoms with Crippen LogP contribution < -0.4 is 9.64 Å². The number of pyridine rings is 2. The number of nitrogens with one attached hydrogen (secondary N) is 1. The fourth-order valence-electron chi connectivity index (χ4n) is 3.46. The number of carbonyl (C=O) groups excluding carboxylic acids is 1. The standard InChI is InChI=1S/C24H18FN5O2/c1-4-22(31)30(2)20-9-15(10-21(32-3)23(20)25)16-8-18-19(13-29-24(18)28-12-16)14-5-6-27-17(7-14)11-26/h4-10,12-13H,1H2,2-3H3,(H,28,29). The Morgan fingerprint density at radius 2 is 2.06 bits per heavy atom. The number of rotatable bonds is 5. The molecule has 0 aliphatic heterocycles. The number of carbonyl (C=O) groups is 1. The van der Waals surface area contributed by atoms with Crippen LogP contribution in [-0.4, -0.2) is 35.0 Å². The zero-order chi connectivity index (χ0) is 22.8. The van der Waals surface area contributed by atoms with Crippen LogP contribution in [0.15, 0.2) is 61.6 Å². The Hall–Kier alpha value is -4.51. The molecule has 0 bridgehead atoms. The molecular weight excluding hydrogens is 409 g/mol. The lowest BCUT2D eigenvalue weighted by Gasteiger charge is -2.19. The second-order valence-electron chi connectivity index (χ2n) is 6.98. The molecule has 8 heteroatoms. The molecule has 3 aromatic heterocycles. The second-order valence-corrected chi connectivity index (χ2v) is 6.98. The first-order valence-electron chi connectivity index (χ1n) is 9.58. The number of hydrogen-bond donors (Lipinski definition) is 1. The fraction of sp³-hybridized carbons (Fsp3) is 0.0833. The van der Waals surface area contributed by atoms with Crippen LogP contribution in [0.4, 0.5) is 10.1 Å². The maximum absolute atomic E-state index is 14.9. The molecule has 0 saturated heterocycles. The van der Waals surface area contributed by atoms with Crippen molar-refractivity contribution in [3.8, 4) is 34.1 Å². The highest BCUT2D eigenvalue weighted by molar-refractivity contribution is 6.01. The minimum atomic E-state index is -0.647. The highest BCUT2D eigenvalue weighted by Gasteiger charge is 2.19. The first kappa shape index (κ1) is 20.8. The van der Waals surface area contributed by atoms with Gasteiger partial charge in [-0.3, -0.25) is 4.79 Å². The Kier molecular flexibility index (Phi) is 5.39. The predicted molar refractivity (Wildman–Crippen MR) is 120 cm³/mol. The number of nitriles is 1. The van der Waals surface area contributed by atoms with E-state index in [9.17, 15) is 9.18 Å². The molecule has 32 heavy (non-hydrogen) atoms. The van der Waals surface area contributed by atoms with E-state index in [1.807, 2.05) is 24.4 Å². The number of benzene rings is 1. The number of aromatic amines is 1. The fourth-order valence-corrected chi connectivity index (χ4v) is 3.46. The highest BCUT2D eigenvalue weighted by atomic mass is 19.1. The summed E-state index contributed by atoms with van der Waals surface area (Å²) in [6, 6.07) is 10.6. The largest absolute Gasteiger partial charge is 0.494 e. The number of likely N-dealkylation sites (N-methyl/N-ethyl adjacent to an activating group) is 1. The SMILES string of the molecule is C=CC(=O)N(C)c1cc(-c2cnc3[nH]cc(-c4ccnc(C#N)c4)c3c2)cc(OC)c1F. The number of ether oxygens (including phenoxy) is 1.